The van der Waals surface area contributed by atoms with Crippen molar-refractivity contribution in [3.05, 3.63) is 341 Å². The fraction of sp³-hybridized carbons (Fsp3) is 0.112. The maximum Gasteiger partial charge on any atom is 0.494 e. The van der Waals surface area contributed by atoms with Gasteiger partial charge in [0.2, 0.25) is 23.6 Å². The topological polar surface area (TPSA) is 206 Å². The molecule has 20 aromatic rings. The Morgan fingerprint density at radius 3 is 0.883 bits per heavy atom. The van der Waals surface area contributed by atoms with Gasteiger partial charge in [-0.05, 0) is 332 Å². The first-order valence-corrected chi connectivity index (χ1v) is 52.3. The number of para-hydroxylation sites is 10. The van der Waals surface area contributed by atoms with E-state index >= 15 is 0 Å². The minimum Gasteiger partial charge on any atom is -0.436 e. The zero-order valence-electron chi connectivity index (χ0n) is 74.4. The second-order valence-electron chi connectivity index (χ2n) is 34.7. The summed E-state index contributed by atoms with van der Waals surface area (Å²) in [5.41, 5.74) is 22.7. The van der Waals surface area contributed by atoms with Crippen LogP contribution in [0.1, 0.15) is 55.4 Å². The van der Waals surface area contributed by atoms with Crippen molar-refractivity contribution in [3.63, 3.8) is 0 Å². The molecule has 0 amide bonds. The molecule has 2 fully saturated rings. The molecule has 678 valence electrons. The van der Waals surface area contributed by atoms with E-state index in [4.69, 9.17) is 50.7 Å². The molecular weight excluding hydrogens is 2280 g/mol. The second-order valence-corrected chi connectivity index (χ2v) is 44.8. The van der Waals surface area contributed by atoms with Crippen LogP contribution in [0.15, 0.2) is 395 Å². The summed E-state index contributed by atoms with van der Waals surface area (Å²) in [6.45, 7) is 16.6. The quantitative estimate of drug-likeness (QED) is 0.100. The molecule has 6 aliphatic heterocycles. The molecule has 3 N–H and O–H groups in total. The third-order valence-corrected chi connectivity index (χ3v) is 32.0. The van der Waals surface area contributed by atoms with Gasteiger partial charge in [0.15, 0.2) is 27.9 Å². The van der Waals surface area contributed by atoms with Crippen molar-refractivity contribution in [2.45, 2.75) is 117 Å². The molecule has 0 radical (unpaired) electrons. The van der Waals surface area contributed by atoms with Crippen molar-refractivity contribution in [1.82, 2.24) is 24.9 Å². The molecular formula is C107H79B2Br4I2N9O9S4. The SMILES string of the molecule is Brc1ccc(I)cc1.Brc1ccc(N2c3ccc(-c4nc5ccccc5o4)cc3Sc3cc(-c4nc5ccccc5o4)ccc32)cc1.Brc1ccc2c(c1)Sc1cc(Br)ccc1N2.CC1(C)OB(c2ccc3c(c2)Sc2cc(B4OC(C)(C)C(C)(C)O4)ccc2N3)OC1(C)C.Ic1nc2ccccc2o1.c1ccc2oc(-c3ccc4c(c3)Sc3cc(-c5nc6ccccc6o5)ccc3N4)nc2c1. The maximum absolute atomic E-state index is 6.25. The molecule has 15 aromatic carbocycles. The van der Waals surface area contributed by atoms with E-state index in [1.165, 1.54) is 24.7 Å². The van der Waals surface area contributed by atoms with Crippen LogP contribution < -0.4 is 31.8 Å². The minimum absolute atomic E-state index is 0.358. The predicted octanol–water partition coefficient (Wildman–Crippen LogP) is 32.9. The van der Waals surface area contributed by atoms with Gasteiger partial charge in [-0.2, -0.15) is 0 Å². The van der Waals surface area contributed by atoms with Gasteiger partial charge in [-0.15, -0.1) is 0 Å². The number of aromatic nitrogens is 5. The van der Waals surface area contributed by atoms with Gasteiger partial charge in [0.25, 0.3) is 3.90 Å². The number of hydrogen-bond acceptors (Lipinski definition) is 22. The van der Waals surface area contributed by atoms with E-state index in [-0.39, 0.29) is 36.6 Å². The Labute approximate surface area is 868 Å². The number of fused-ring (bicyclic) bond motifs is 13. The van der Waals surface area contributed by atoms with Crippen LogP contribution >= 0.6 is 156 Å². The Balaban J connectivity index is 0.000000105. The summed E-state index contributed by atoms with van der Waals surface area (Å²) in [5.74, 6) is 2.47. The van der Waals surface area contributed by atoms with Gasteiger partial charge in [0.05, 0.1) is 67.9 Å². The highest BCUT2D eigenvalue weighted by molar-refractivity contribution is 14.1. The van der Waals surface area contributed by atoms with Crippen molar-refractivity contribution < 1.29 is 40.7 Å². The van der Waals surface area contributed by atoms with Crippen molar-refractivity contribution in [2.75, 3.05) is 20.9 Å². The van der Waals surface area contributed by atoms with Crippen LogP contribution in [0.2, 0.25) is 0 Å². The lowest BCUT2D eigenvalue weighted by Gasteiger charge is -2.33. The molecule has 18 nitrogen and oxygen atoms in total. The predicted molar refractivity (Wildman–Crippen MR) is 586 cm³/mol. The van der Waals surface area contributed by atoms with Crippen molar-refractivity contribution in [1.29, 1.82) is 0 Å². The summed E-state index contributed by atoms with van der Waals surface area (Å²) in [6.07, 6.45) is 0. The summed E-state index contributed by atoms with van der Waals surface area (Å²) in [7, 11) is -0.744. The van der Waals surface area contributed by atoms with Crippen molar-refractivity contribution in [2.24, 2.45) is 0 Å². The normalized spacial score (nSPS) is 14.9. The van der Waals surface area contributed by atoms with Gasteiger partial charge in [-0.3, -0.25) is 0 Å². The van der Waals surface area contributed by atoms with E-state index in [0.29, 0.717) is 27.5 Å². The first-order valence-electron chi connectivity index (χ1n) is 43.7. The molecule has 2 saturated heterocycles. The van der Waals surface area contributed by atoms with Gasteiger partial charge in [0, 0.05) is 111 Å². The molecule has 0 unspecified atom stereocenters. The summed E-state index contributed by atoms with van der Waals surface area (Å²) in [6, 6.07) is 106. The van der Waals surface area contributed by atoms with E-state index in [0.717, 1.165) is 176 Å². The average molecular weight is 2360 g/mol. The van der Waals surface area contributed by atoms with Crippen LogP contribution in [0.5, 0.6) is 0 Å². The fourth-order valence-electron chi connectivity index (χ4n) is 15.7. The Hall–Kier alpha value is -10.4. The smallest absolute Gasteiger partial charge is 0.436 e. The van der Waals surface area contributed by atoms with E-state index in [9.17, 15) is 0 Å². The molecule has 0 bridgehead atoms. The Bertz CT molecular complexity index is 7450. The van der Waals surface area contributed by atoms with Gasteiger partial charge in [-0.25, -0.2) is 24.9 Å². The molecule has 30 heteroatoms. The van der Waals surface area contributed by atoms with Gasteiger partial charge in [0.1, 0.15) is 27.6 Å². The highest BCUT2D eigenvalue weighted by Crippen LogP contribution is 2.55. The maximum atomic E-state index is 6.25. The zero-order chi connectivity index (χ0) is 94.2. The number of nitrogens with one attached hydrogen (secondary N) is 3. The lowest BCUT2D eigenvalue weighted by molar-refractivity contribution is 0.00578. The lowest BCUT2D eigenvalue weighted by Crippen LogP contribution is -2.41. The number of oxazole rings is 5. The van der Waals surface area contributed by atoms with E-state index in [2.05, 4.69) is 370 Å². The van der Waals surface area contributed by atoms with Crippen LogP contribution in [-0.2, 0) is 18.6 Å². The molecule has 0 aliphatic carbocycles. The standard InChI is InChI=1S/C32H18BrN3O2S.C26H15N3O2S.C24H31B2NO4S.C12H7Br2NS.C7H4INO.C6H4BrI/c33-21-11-13-22(14-12-21)36-25-15-9-19(31-34-23-5-1-3-7-27(23)37-31)17-29(25)39-30-18-20(10-16-26(30)36)32-35-24-6-2-4-8-28(24)38-32;1-3-7-21-17(5-1)28-25(30-21)15-9-11-19-23(13-15)32-24-14-16(10-12-20(24)27-19)26-29-18-6-2-4-8-22(18)31-26;1-21(2)22(3,4)29-25(28-21)15-9-11-17-19(13-15)32-20-14-16(10-12-18(20)27-17)26-30-23(5,6)24(7,8)31-26;13-7-1-3-9-11(5-7)16-12-6-8(14)2-4-10(12)15-9;8-7-9-5-3-1-2-4-6(5)10-7;7-5-1-3-6(8)4-2-5/h1-18H;1-14,27H;9-14,27H,1-8H3;1-6,15H;1-4H;1-4H. The summed E-state index contributed by atoms with van der Waals surface area (Å²) >= 11 is 25.2. The number of halogens is 6. The molecule has 11 heterocycles. The van der Waals surface area contributed by atoms with Crippen LogP contribution in [0.4, 0.5) is 51.2 Å². The van der Waals surface area contributed by atoms with Crippen LogP contribution in [0.3, 0.4) is 0 Å². The Morgan fingerprint density at radius 2 is 0.547 bits per heavy atom. The van der Waals surface area contributed by atoms with Crippen molar-refractivity contribution >= 4 is 288 Å². The molecule has 26 rings (SSSR count). The number of nitrogens with zero attached hydrogens (tertiary/aromatic N) is 6. The molecule has 6 aliphatic rings. The number of hydrogen-bond donors (Lipinski definition) is 3. The molecule has 137 heavy (non-hydrogen) atoms. The van der Waals surface area contributed by atoms with Crippen LogP contribution in [0.25, 0.3) is 101 Å². The molecule has 5 aromatic heterocycles. The number of benzene rings is 15. The van der Waals surface area contributed by atoms with Crippen LogP contribution in [0, 0.1) is 7.47 Å². The molecule has 0 atom stereocenters. The van der Waals surface area contributed by atoms with Gasteiger partial charge < -0.3 is 61.6 Å². The largest absolute Gasteiger partial charge is 0.494 e. The first-order chi connectivity index (χ1) is 66.1. The van der Waals surface area contributed by atoms with Gasteiger partial charge >= 0.3 is 14.2 Å². The fourth-order valence-corrected chi connectivity index (χ4v) is 22.5. The van der Waals surface area contributed by atoms with Crippen LogP contribution in [-0.4, -0.2) is 61.6 Å². The zero-order valence-corrected chi connectivity index (χ0v) is 88.4. The highest BCUT2D eigenvalue weighted by atomic mass is 127. The number of rotatable bonds is 7. The summed E-state index contributed by atoms with van der Waals surface area (Å²) in [5, 5.41) is 10.5. The summed E-state index contributed by atoms with van der Waals surface area (Å²) < 4.78 is 60.7. The first kappa shape index (κ1) is 92.9. The second kappa shape index (κ2) is 38.7. The number of anilines is 9. The average Bonchev–Trinajstić information content (AvgIpc) is 1.19. The van der Waals surface area contributed by atoms with E-state index in [1.54, 1.807) is 47.0 Å². The molecule has 0 saturated carbocycles. The lowest BCUT2D eigenvalue weighted by atomic mass is 9.79. The van der Waals surface area contributed by atoms with E-state index < -0.39 is 0 Å². The Kier molecular flexibility index (Phi) is 26.2. The summed E-state index contributed by atoms with van der Waals surface area (Å²) in [4.78, 5) is 34.4. The molecule has 0 spiro atoms. The minimum atomic E-state index is -0.372. The third-order valence-electron chi connectivity index (χ3n) is 24.3. The highest BCUT2D eigenvalue weighted by Gasteiger charge is 2.53. The third kappa shape index (κ3) is 19.9. The van der Waals surface area contributed by atoms with E-state index in [1.807, 2.05) is 146 Å². The Morgan fingerprint density at radius 1 is 0.277 bits per heavy atom. The monoisotopic (exact) mass is 2350 g/mol. The van der Waals surface area contributed by atoms with Gasteiger partial charge in [-0.1, -0.05) is 184 Å². The van der Waals surface area contributed by atoms with Crippen molar-refractivity contribution in [3.8, 4) is 45.8 Å².